The van der Waals surface area contributed by atoms with E-state index in [1.165, 1.54) is 6.20 Å². The van der Waals surface area contributed by atoms with Crippen molar-refractivity contribution in [2.45, 2.75) is 0 Å². The number of aliphatic imine (C=N–C) groups is 1. The summed E-state index contributed by atoms with van der Waals surface area (Å²) in [6.45, 7) is 0. The fourth-order valence-electron chi connectivity index (χ4n) is 0.520. The molecule has 0 radical (unpaired) electrons. The molecule has 1 aliphatic rings. The first kappa shape index (κ1) is 9.71. The first-order valence-electron chi connectivity index (χ1n) is 2.75. The average Bonchev–Trinajstić information content (AvgIpc) is 2.12. The minimum absolute atomic E-state index is 0. The Morgan fingerprint density at radius 3 is 3.00 bits per heavy atom. The maximum Gasteiger partial charge on any atom is 0.266 e. The Balaban J connectivity index is 0.000001000. The molecule has 60 valence electrons. The summed E-state index contributed by atoms with van der Waals surface area (Å²) in [4.78, 5) is 14.2. The number of nitrogens with zero attached hydrogens (tertiary/aromatic N) is 1. The second-order valence-electron chi connectivity index (χ2n) is 1.71. The highest BCUT2D eigenvalue weighted by molar-refractivity contribution is 5.92. The van der Waals surface area contributed by atoms with Crippen LogP contribution in [0.25, 0.3) is 0 Å². The molecule has 0 aliphatic carbocycles. The predicted molar refractivity (Wildman–Crippen MR) is 45.3 cm³/mol. The third kappa shape index (κ3) is 2.86. The Morgan fingerprint density at radius 1 is 1.64 bits per heavy atom. The summed E-state index contributed by atoms with van der Waals surface area (Å²) in [6, 6.07) is 0. The quantitative estimate of drug-likeness (QED) is 0.583. The van der Waals surface area contributed by atoms with Crippen LogP contribution in [0.5, 0.6) is 0 Å². The van der Waals surface area contributed by atoms with Gasteiger partial charge in [0.25, 0.3) is 5.91 Å². The van der Waals surface area contributed by atoms with Gasteiger partial charge >= 0.3 is 0 Å². The molecule has 1 heterocycles. The lowest BCUT2D eigenvalue weighted by molar-refractivity contribution is -0.114. The van der Waals surface area contributed by atoms with E-state index in [4.69, 9.17) is 5.73 Å². The van der Waals surface area contributed by atoms with Crippen molar-refractivity contribution in [3.8, 4) is 0 Å². The molecular weight excluding hydrogens is 166 g/mol. The zero-order chi connectivity index (χ0) is 7.40. The highest BCUT2D eigenvalue weighted by atomic mass is 35.5. The summed E-state index contributed by atoms with van der Waals surface area (Å²) in [7, 11) is 0. The van der Waals surface area contributed by atoms with Gasteiger partial charge in [0.2, 0.25) is 0 Å². The minimum atomic E-state index is -0.510. The lowest BCUT2D eigenvalue weighted by Crippen LogP contribution is -2.22. The minimum Gasteiger partial charge on any atom is -0.364 e. The van der Waals surface area contributed by atoms with Crippen molar-refractivity contribution in [2.75, 3.05) is 0 Å². The third-order valence-electron chi connectivity index (χ3n) is 0.976. The van der Waals surface area contributed by atoms with Crippen molar-refractivity contribution in [2.24, 2.45) is 10.7 Å². The number of allylic oxidation sites excluding steroid dienone is 1. The SMILES string of the molecule is Cl.NC(=O)C1=CN=CC=CN1. The highest BCUT2D eigenvalue weighted by Gasteiger charge is 2.00. The molecule has 4 nitrogen and oxygen atoms in total. The largest absolute Gasteiger partial charge is 0.364 e. The second kappa shape index (κ2) is 4.51. The molecule has 0 fully saturated rings. The molecule has 0 bridgehead atoms. The van der Waals surface area contributed by atoms with E-state index in [0.29, 0.717) is 5.70 Å². The third-order valence-corrected chi connectivity index (χ3v) is 0.976. The molecule has 0 saturated heterocycles. The van der Waals surface area contributed by atoms with Gasteiger partial charge in [-0.1, -0.05) is 0 Å². The molecular formula is C6H8ClN3O. The molecule has 1 aliphatic heterocycles. The van der Waals surface area contributed by atoms with Crippen LogP contribution in [0.2, 0.25) is 0 Å². The number of hydrogen-bond donors (Lipinski definition) is 2. The Hall–Kier alpha value is -1.29. The zero-order valence-electron chi connectivity index (χ0n) is 5.65. The molecule has 0 aromatic rings. The van der Waals surface area contributed by atoms with Gasteiger partial charge in [0, 0.05) is 12.4 Å². The monoisotopic (exact) mass is 173 g/mol. The van der Waals surface area contributed by atoms with Gasteiger partial charge in [-0.15, -0.1) is 12.4 Å². The summed E-state index contributed by atoms with van der Waals surface area (Å²) in [5.74, 6) is -0.510. The van der Waals surface area contributed by atoms with Crippen molar-refractivity contribution in [3.05, 3.63) is 24.2 Å². The van der Waals surface area contributed by atoms with E-state index in [-0.39, 0.29) is 12.4 Å². The van der Waals surface area contributed by atoms with E-state index in [1.54, 1.807) is 18.5 Å². The van der Waals surface area contributed by atoms with Gasteiger partial charge in [0.15, 0.2) is 0 Å². The lowest BCUT2D eigenvalue weighted by Gasteiger charge is -1.96. The Bertz CT molecular complexity index is 232. The summed E-state index contributed by atoms with van der Waals surface area (Å²) in [5.41, 5.74) is 5.26. The summed E-state index contributed by atoms with van der Waals surface area (Å²) in [5, 5.41) is 2.66. The van der Waals surface area contributed by atoms with E-state index in [2.05, 4.69) is 10.3 Å². The summed E-state index contributed by atoms with van der Waals surface area (Å²) < 4.78 is 0. The molecule has 0 atom stereocenters. The number of hydrogen-bond acceptors (Lipinski definition) is 3. The molecule has 0 saturated carbocycles. The van der Waals surface area contributed by atoms with Gasteiger partial charge < -0.3 is 11.1 Å². The number of amides is 1. The van der Waals surface area contributed by atoms with Crippen molar-refractivity contribution < 1.29 is 4.79 Å². The normalized spacial score (nSPS) is 14.0. The first-order valence-corrected chi connectivity index (χ1v) is 2.75. The van der Waals surface area contributed by atoms with Crippen LogP contribution in [0.1, 0.15) is 0 Å². The average molecular weight is 174 g/mol. The van der Waals surface area contributed by atoms with E-state index in [9.17, 15) is 4.79 Å². The van der Waals surface area contributed by atoms with E-state index in [1.807, 2.05) is 0 Å². The van der Waals surface area contributed by atoms with E-state index < -0.39 is 5.91 Å². The highest BCUT2D eigenvalue weighted by Crippen LogP contribution is 1.90. The van der Waals surface area contributed by atoms with Crippen LogP contribution < -0.4 is 11.1 Å². The van der Waals surface area contributed by atoms with Gasteiger partial charge in [-0.05, 0) is 6.08 Å². The van der Waals surface area contributed by atoms with E-state index in [0.717, 1.165) is 0 Å². The zero-order valence-corrected chi connectivity index (χ0v) is 6.47. The van der Waals surface area contributed by atoms with Crippen molar-refractivity contribution in [3.63, 3.8) is 0 Å². The number of rotatable bonds is 1. The number of nitrogens with two attached hydrogens (primary N) is 1. The summed E-state index contributed by atoms with van der Waals surface area (Å²) in [6.07, 6.45) is 6.20. The molecule has 1 rings (SSSR count). The number of nitrogens with one attached hydrogen (secondary N) is 1. The molecule has 0 unspecified atom stereocenters. The molecule has 5 heteroatoms. The first-order chi connectivity index (χ1) is 4.80. The molecule has 1 amide bonds. The number of halogens is 1. The van der Waals surface area contributed by atoms with Crippen molar-refractivity contribution in [1.82, 2.24) is 5.32 Å². The maximum atomic E-state index is 10.5. The molecule has 11 heavy (non-hydrogen) atoms. The van der Waals surface area contributed by atoms with Crippen molar-refractivity contribution in [1.29, 1.82) is 0 Å². The van der Waals surface area contributed by atoms with Gasteiger partial charge in [-0.2, -0.15) is 0 Å². The van der Waals surface area contributed by atoms with Gasteiger partial charge in [-0.3, -0.25) is 9.79 Å². The standard InChI is InChI=1S/C6H7N3O.ClH/c7-6(10)5-4-8-2-1-3-9-5;/h1-4,9H,(H2,7,10);1H. The Kier molecular flexibility index (Phi) is 3.98. The molecule has 0 aromatic carbocycles. The fraction of sp³-hybridized carbons (Fsp3) is 0. The molecule has 3 N–H and O–H groups in total. The molecule has 0 aromatic heterocycles. The number of primary amides is 1. The van der Waals surface area contributed by atoms with Crippen molar-refractivity contribution >= 4 is 24.5 Å². The van der Waals surface area contributed by atoms with Gasteiger partial charge in [0.1, 0.15) is 5.70 Å². The smallest absolute Gasteiger partial charge is 0.266 e. The summed E-state index contributed by atoms with van der Waals surface area (Å²) >= 11 is 0. The number of carbonyl (C=O) groups is 1. The fourth-order valence-corrected chi connectivity index (χ4v) is 0.520. The van der Waals surface area contributed by atoms with Crippen LogP contribution in [-0.4, -0.2) is 12.1 Å². The van der Waals surface area contributed by atoms with Crippen LogP contribution in [0, 0.1) is 0 Å². The van der Waals surface area contributed by atoms with Crippen LogP contribution in [0.3, 0.4) is 0 Å². The molecule has 0 spiro atoms. The van der Waals surface area contributed by atoms with E-state index >= 15 is 0 Å². The van der Waals surface area contributed by atoms with Gasteiger partial charge in [0.05, 0.1) is 6.20 Å². The number of carbonyl (C=O) groups excluding carboxylic acids is 1. The van der Waals surface area contributed by atoms with Crippen LogP contribution in [0.4, 0.5) is 0 Å². The predicted octanol–water partition coefficient (Wildman–Crippen LogP) is -0.0774. The lowest BCUT2D eigenvalue weighted by atomic mass is 10.4. The Morgan fingerprint density at radius 2 is 2.36 bits per heavy atom. The van der Waals surface area contributed by atoms with Crippen LogP contribution in [0.15, 0.2) is 29.2 Å². The van der Waals surface area contributed by atoms with Crippen LogP contribution in [-0.2, 0) is 4.79 Å². The second-order valence-corrected chi connectivity index (χ2v) is 1.71. The van der Waals surface area contributed by atoms with Gasteiger partial charge in [-0.25, -0.2) is 0 Å². The maximum absolute atomic E-state index is 10.5. The topological polar surface area (TPSA) is 67.5 Å². The Labute approximate surface area is 70.3 Å². The van der Waals surface area contributed by atoms with Crippen LogP contribution >= 0.6 is 12.4 Å².